The fourth-order valence-corrected chi connectivity index (χ4v) is 8.01. The van der Waals surface area contributed by atoms with Crippen LogP contribution in [0.2, 0.25) is 10.0 Å². The lowest BCUT2D eigenvalue weighted by Crippen LogP contribution is -2.67. The van der Waals surface area contributed by atoms with Gasteiger partial charge in [-0.3, -0.25) is 14.5 Å². The quantitative estimate of drug-likeness (QED) is 0.0792. The Balaban J connectivity index is 1.23. The number of halogens is 4. The van der Waals surface area contributed by atoms with Crippen LogP contribution in [0.15, 0.2) is 70.9 Å². The zero-order chi connectivity index (χ0) is 33.3. The van der Waals surface area contributed by atoms with Crippen molar-refractivity contribution in [3.05, 3.63) is 105 Å². The Morgan fingerprint density at radius 2 is 1.72 bits per heavy atom. The molecule has 4 heterocycles. The van der Waals surface area contributed by atoms with Crippen LogP contribution in [0.1, 0.15) is 36.2 Å². The van der Waals surface area contributed by atoms with Gasteiger partial charge in [-0.1, -0.05) is 54.9 Å². The number of aromatic nitrogens is 2. The molecule has 0 unspecified atom stereocenters. The third-order valence-corrected chi connectivity index (χ3v) is 11.2. The predicted octanol–water partition coefficient (Wildman–Crippen LogP) is 6.34. The molecule has 0 radical (unpaired) electrons. The van der Waals surface area contributed by atoms with E-state index >= 15 is 4.39 Å². The van der Waals surface area contributed by atoms with Gasteiger partial charge in [-0.25, -0.2) is 13.8 Å². The number of fused-ring (bicyclic) bond motifs is 3. The highest BCUT2D eigenvalue weighted by atomic mass is 35.5. The van der Waals surface area contributed by atoms with Crippen molar-refractivity contribution in [1.82, 2.24) is 14.5 Å². The lowest BCUT2D eigenvalue weighted by molar-refractivity contribution is -0.939. The second kappa shape index (κ2) is 13.8. The minimum Gasteiger partial charge on any atom is -0.858 e. The summed E-state index contributed by atoms with van der Waals surface area (Å²) in [4.78, 5) is 11.5. The number of aliphatic imine (C=N–C) groups is 1. The number of piperazine rings is 3. The first kappa shape index (κ1) is 33.7. The van der Waals surface area contributed by atoms with Crippen molar-refractivity contribution < 1.29 is 23.1 Å². The van der Waals surface area contributed by atoms with Crippen LogP contribution in [0, 0.1) is 11.6 Å². The number of hydrogen-bond acceptors (Lipinski definition) is 6. The summed E-state index contributed by atoms with van der Waals surface area (Å²) in [5.41, 5.74) is 2.26. The highest BCUT2D eigenvalue weighted by Gasteiger charge is 2.37. The van der Waals surface area contributed by atoms with Crippen molar-refractivity contribution >= 4 is 40.9 Å². The van der Waals surface area contributed by atoms with E-state index in [9.17, 15) is 9.50 Å². The summed E-state index contributed by atoms with van der Waals surface area (Å²) in [7, 11) is 1.57. The molecule has 7 nitrogen and oxygen atoms in total. The molecule has 0 aliphatic carbocycles. The molecule has 4 aromatic rings. The molecule has 0 amide bonds. The maximum absolute atomic E-state index is 15.5. The van der Waals surface area contributed by atoms with Crippen LogP contribution in [-0.4, -0.2) is 84.3 Å². The number of rotatable bonds is 11. The van der Waals surface area contributed by atoms with Crippen molar-refractivity contribution in [3.63, 3.8) is 0 Å². The Kier molecular flexibility index (Phi) is 9.88. The number of methoxy groups -OCH3 is 1. The molecular weight excluding hydrogens is 663 g/mol. The average molecular weight is 701 g/mol. The zero-order valence-electron chi connectivity index (χ0n) is 26.6. The standard InChI is InChI=1S/C35H37Cl2F2N5O2S/c1-35(2,24-4-9-28(36)31(20-24)46-3)32-21-41-34(43(32)26-7-5-25(38)6-8-26)47-22-27-29(37)18-23(19-30(27)39)33(45)40-10-14-44-15-11-42(12-16-44)13-17-44/h4-9,18-21H,10-17,22H2,1-3H3. The van der Waals surface area contributed by atoms with Gasteiger partial charge >= 0.3 is 0 Å². The highest BCUT2D eigenvalue weighted by molar-refractivity contribution is 7.98. The van der Waals surface area contributed by atoms with Gasteiger partial charge in [0.1, 0.15) is 17.4 Å². The average Bonchev–Trinajstić information content (AvgIpc) is 3.50. The molecule has 3 aliphatic rings. The summed E-state index contributed by atoms with van der Waals surface area (Å²) >= 11 is 14.2. The number of ether oxygens (including phenoxy) is 1. The largest absolute Gasteiger partial charge is 0.858 e. The topological polar surface area (TPSA) is 65.7 Å². The number of nitrogens with zero attached hydrogens (tertiary/aromatic N) is 5. The summed E-state index contributed by atoms with van der Waals surface area (Å²) in [6.45, 7) is 11.9. The zero-order valence-corrected chi connectivity index (χ0v) is 28.9. The summed E-state index contributed by atoms with van der Waals surface area (Å²) < 4.78 is 37.8. The van der Waals surface area contributed by atoms with Crippen LogP contribution in [0.25, 0.3) is 5.69 Å². The fourth-order valence-electron chi connectivity index (χ4n) is 6.44. The van der Waals surface area contributed by atoms with Crippen LogP contribution in [0.4, 0.5) is 8.78 Å². The lowest BCUT2D eigenvalue weighted by atomic mass is 9.81. The molecule has 248 valence electrons. The van der Waals surface area contributed by atoms with Crippen molar-refractivity contribution in [3.8, 4) is 11.4 Å². The molecule has 0 N–H and O–H groups in total. The second-order valence-corrected chi connectivity index (χ2v) is 14.4. The van der Waals surface area contributed by atoms with Crippen LogP contribution in [0.3, 0.4) is 0 Å². The smallest absolute Gasteiger partial charge is 0.173 e. The van der Waals surface area contributed by atoms with Gasteiger partial charge in [0.05, 0.1) is 56.7 Å². The summed E-state index contributed by atoms with van der Waals surface area (Å²) in [6, 6.07) is 14.4. The summed E-state index contributed by atoms with van der Waals surface area (Å²) in [5, 5.41) is 14.1. The third-order valence-electron chi connectivity index (χ3n) is 9.56. The van der Waals surface area contributed by atoms with E-state index < -0.39 is 17.1 Å². The molecule has 3 aromatic carbocycles. The van der Waals surface area contributed by atoms with Crippen molar-refractivity contribution in [2.24, 2.45) is 4.99 Å². The highest BCUT2D eigenvalue weighted by Crippen LogP contribution is 2.40. The number of hydrogen-bond donors (Lipinski definition) is 0. The van der Waals surface area contributed by atoms with Crippen LogP contribution in [0.5, 0.6) is 5.75 Å². The van der Waals surface area contributed by atoms with Crippen molar-refractivity contribution in [2.75, 3.05) is 59.5 Å². The van der Waals surface area contributed by atoms with E-state index in [1.165, 1.54) is 36.0 Å². The predicted molar refractivity (Wildman–Crippen MR) is 182 cm³/mol. The van der Waals surface area contributed by atoms with Gasteiger partial charge < -0.3 is 14.3 Å². The summed E-state index contributed by atoms with van der Waals surface area (Å²) in [5.74, 6) is -0.699. The first-order valence-electron chi connectivity index (χ1n) is 15.6. The minimum absolute atomic E-state index is 0.139. The summed E-state index contributed by atoms with van der Waals surface area (Å²) in [6.07, 6.45) is 1.77. The van der Waals surface area contributed by atoms with Crippen LogP contribution in [-0.2, 0) is 11.2 Å². The Hall–Kier alpha value is -3.15. The Morgan fingerprint density at radius 3 is 2.38 bits per heavy atom. The van der Waals surface area contributed by atoms with Gasteiger partial charge in [0.25, 0.3) is 0 Å². The first-order chi connectivity index (χ1) is 22.5. The maximum Gasteiger partial charge on any atom is 0.173 e. The second-order valence-electron chi connectivity index (χ2n) is 12.7. The molecule has 0 saturated carbocycles. The molecule has 0 spiro atoms. The molecule has 0 atom stereocenters. The number of imidazole rings is 1. The number of thioether (sulfide) groups is 1. The minimum atomic E-state index is -0.584. The van der Waals surface area contributed by atoms with Gasteiger partial charge in [0.2, 0.25) is 0 Å². The van der Waals surface area contributed by atoms with E-state index in [1.807, 2.05) is 16.7 Å². The first-order valence-corrected chi connectivity index (χ1v) is 17.3. The van der Waals surface area contributed by atoms with Gasteiger partial charge in [-0.15, -0.1) is 0 Å². The van der Waals surface area contributed by atoms with Crippen LogP contribution < -0.4 is 9.84 Å². The molecule has 12 heteroatoms. The fraction of sp³-hybridized carbons (Fsp3) is 0.371. The number of benzene rings is 3. The van der Waals surface area contributed by atoms with E-state index in [1.54, 1.807) is 31.5 Å². The molecular formula is C35H37Cl2F2N5O2S. The van der Waals surface area contributed by atoms with E-state index in [0.717, 1.165) is 61.6 Å². The van der Waals surface area contributed by atoms with E-state index in [4.69, 9.17) is 32.9 Å². The lowest BCUT2D eigenvalue weighted by Gasteiger charge is -2.50. The third kappa shape index (κ3) is 7.03. The molecule has 3 fully saturated rings. The van der Waals surface area contributed by atoms with Gasteiger partial charge in [-0.05, 0) is 65.6 Å². The molecule has 7 rings (SSSR count). The SMILES string of the molecule is COc1cc(C(C)(C)c2cnc(SCc3c(F)cc(C([O-])=NCC[N+]45CCN(CC4)CC5)cc3Cl)n2-c2ccc(F)cc2)ccc1Cl. The van der Waals surface area contributed by atoms with E-state index in [0.29, 0.717) is 28.2 Å². The van der Waals surface area contributed by atoms with Gasteiger partial charge in [0.15, 0.2) is 5.16 Å². The molecule has 3 aliphatic heterocycles. The van der Waals surface area contributed by atoms with Crippen LogP contribution >= 0.6 is 35.0 Å². The van der Waals surface area contributed by atoms with Gasteiger partial charge in [-0.2, -0.15) is 0 Å². The maximum atomic E-state index is 15.5. The van der Waals surface area contributed by atoms with E-state index in [2.05, 4.69) is 23.7 Å². The van der Waals surface area contributed by atoms with Gasteiger partial charge in [0, 0.05) is 47.1 Å². The molecule has 2 bridgehead atoms. The van der Waals surface area contributed by atoms with E-state index in [-0.39, 0.29) is 27.7 Å². The Bertz CT molecular complexity index is 1750. The normalized spacial score (nSPS) is 19.7. The molecule has 3 saturated heterocycles. The van der Waals surface area contributed by atoms with Crippen molar-refractivity contribution in [1.29, 1.82) is 0 Å². The molecule has 1 aromatic heterocycles. The Labute approximate surface area is 288 Å². The van der Waals surface area contributed by atoms with Crippen molar-refractivity contribution in [2.45, 2.75) is 30.2 Å². The molecule has 47 heavy (non-hydrogen) atoms. The Morgan fingerprint density at radius 1 is 1.02 bits per heavy atom. The number of quaternary nitrogens is 1. The monoisotopic (exact) mass is 699 g/mol.